The molecule has 1 heterocycles. The smallest absolute Gasteiger partial charge is 0.191 e. The first-order valence-corrected chi connectivity index (χ1v) is 9.28. The van der Waals surface area contributed by atoms with E-state index in [4.69, 9.17) is 4.74 Å². The lowest BCUT2D eigenvalue weighted by atomic mass is 10.1. The Labute approximate surface area is 155 Å². The van der Waals surface area contributed by atoms with Gasteiger partial charge in [-0.1, -0.05) is 19.1 Å². The molecule has 0 aliphatic heterocycles. The third kappa shape index (κ3) is 6.38. The van der Waals surface area contributed by atoms with Gasteiger partial charge in [-0.2, -0.15) is 0 Å². The second kappa shape index (κ2) is 11.1. The summed E-state index contributed by atoms with van der Waals surface area (Å²) in [5.74, 6) is 2.76. The van der Waals surface area contributed by atoms with Gasteiger partial charge in [0.05, 0.1) is 7.11 Å². The van der Waals surface area contributed by atoms with Crippen molar-refractivity contribution in [3.05, 3.63) is 42.0 Å². The molecule has 2 N–H and O–H groups in total. The molecule has 0 fully saturated rings. The van der Waals surface area contributed by atoms with Crippen LogP contribution in [-0.4, -0.2) is 47.5 Å². The summed E-state index contributed by atoms with van der Waals surface area (Å²) in [6.45, 7) is 7.38. The highest BCUT2D eigenvalue weighted by molar-refractivity contribution is 5.79. The van der Waals surface area contributed by atoms with Crippen molar-refractivity contribution in [3.8, 4) is 5.75 Å². The van der Waals surface area contributed by atoms with Crippen LogP contribution in [0.3, 0.4) is 0 Å². The van der Waals surface area contributed by atoms with Gasteiger partial charge in [0, 0.05) is 32.6 Å². The van der Waals surface area contributed by atoms with Gasteiger partial charge in [-0.3, -0.25) is 4.99 Å². The lowest BCUT2D eigenvalue weighted by molar-refractivity contribution is 0.414. The molecule has 7 nitrogen and oxygen atoms in total. The SMILES string of the molecule is CCNC(=NCCCc1cccc(OC)c1)NCCn1cnnc1CC. The molecule has 142 valence electrons. The molecule has 0 atom stereocenters. The maximum Gasteiger partial charge on any atom is 0.191 e. The van der Waals surface area contributed by atoms with Crippen molar-refractivity contribution in [3.63, 3.8) is 0 Å². The minimum absolute atomic E-state index is 0.777. The molecule has 0 amide bonds. The minimum atomic E-state index is 0.777. The molecule has 26 heavy (non-hydrogen) atoms. The molecule has 0 aliphatic rings. The Hall–Kier alpha value is -2.57. The Morgan fingerprint density at radius 2 is 2.15 bits per heavy atom. The summed E-state index contributed by atoms with van der Waals surface area (Å²) in [4.78, 5) is 4.66. The Morgan fingerprint density at radius 3 is 2.92 bits per heavy atom. The second-order valence-electron chi connectivity index (χ2n) is 5.94. The van der Waals surface area contributed by atoms with Crippen LogP contribution in [0.25, 0.3) is 0 Å². The summed E-state index contributed by atoms with van der Waals surface area (Å²) < 4.78 is 7.33. The highest BCUT2D eigenvalue weighted by Gasteiger charge is 2.02. The number of benzene rings is 1. The van der Waals surface area contributed by atoms with Crippen LogP contribution in [0.15, 0.2) is 35.6 Å². The molecule has 0 aliphatic carbocycles. The Bertz CT molecular complexity index is 682. The van der Waals surface area contributed by atoms with Crippen molar-refractivity contribution >= 4 is 5.96 Å². The summed E-state index contributed by atoms with van der Waals surface area (Å²) in [5.41, 5.74) is 1.28. The summed E-state index contributed by atoms with van der Waals surface area (Å²) in [6.07, 6.45) is 4.65. The van der Waals surface area contributed by atoms with Crippen LogP contribution in [0, 0.1) is 0 Å². The van der Waals surface area contributed by atoms with E-state index in [2.05, 4.69) is 56.4 Å². The number of aromatic nitrogens is 3. The third-order valence-corrected chi connectivity index (χ3v) is 4.03. The maximum atomic E-state index is 5.26. The highest BCUT2D eigenvalue weighted by Crippen LogP contribution is 2.13. The maximum absolute atomic E-state index is 5.26. The molecular formula is C19H30N6O. The van der Waals surface area contributed by atoms with E-state index < -0.39 is 0 Å². The molecular weight excluding hydrogens is 328 g/mol. The molecule has 0 unspecified atom stereocenters. The van der Waals surface area contributed by atoms with E-state index in [1.54, 1.807) is 13.4 Å². The molecule has 1 aromatic heterocycles. The zero-order chi connectivity index (χ0) is 18.6. The molecule has 0 saturated carbocycles. The zero-order valence-corrected chi connectivity index (χ0v) is 16.0. The van der Waals surface area contributed by atoms with Crippen molar-refractivity contribution in [2.45, 2.75) is 39.7 Å². The fourth-order valence-electron chi connectivity index (χ4n) is 2.68. The van der Waals surface area contributed by atoms with Gasteiger partial charge >= 0.3 is 0 Å². The molecule has 0 saturated heterocycles. The summed E-state index contributed by atoms with van der Waals surface area (Å²) in [5, 5.41) is 14.7. The third-order valence-electron chi connectivity index (χ3n) is 4.03. The first-order chi connectivity index (χ1) is 12.8. The first kappa shape index (κ1) is 19.8. The van der Waals surface area contributed by atoms with Crippen molar-refractivity contribution < 1.29 is 4.74 Å². The predicted molar refractivity (Wildman–Crippen MR) is 105 cm³/mol. The summed E-state index contributed by atoms with van der Waals surface area (Å²) >= 11 is 0. The number of rotatable bonds is 10. The Morgan fingerprint density at radius 1 is 1.27 bits per heavy atom. The lowest BCUT2D eigenvalue weighted by Crippen LogP contribution is -2.39. The quantitative estimate of drug-likeness (QED) is 0.386. The number of ether oxygens (including phenoxy) is 1. The topological polar surface area (TPSA) is 76.4 Å². The number of aliphatic imine (C=N–C) groups is 1. The van der Waals surface area contributed by atoms with Gasteiger partial charge in [0.15, 0.2) is 5.96 Å². The van der Waals surface area contributed by atoms with Crippen molar-refractivity contribution in [1.82, 2.24) is 25.4 Å². The van der Waals surface area contributed by atoms with E-state index in [1.807, 2.05) is 12.1 Å². The second-order valence-corrected chi connectivity index (χ2v) is 5.94. The summed E-state index contributed by atoms with van der Waals surface area (Å²) in [7, 11) is 1.70. The Kier molecular flexibility index (Phi) is 8.45. The fourth-order valence-corrected chi connectivity index (χ4v) is 2.68. The number of hydrogen-bond acceptors (Lipinski definition) is 4. The van der Waals surface area contributed by atoms with Gasteiger partial charge in [-0.25, -0.2) is 0 Å². The molecule has 2 aromatic rings. The van der Waals surface area contributed by atoms with Crippen LogP contribution in [-0.2, 0) is 19.4 Å². The van der Waals surface area contributed by atoms with Crippen molar-refractivity contribution in [1.29, 1.82) is 0 Å². The monoisotopic (exact) mass is 358 g/mol. The Balaban J connectivity index is 1.76. The summed E-state index contributed by atoms with van der Waals surface area (Å²) in [6, 6.07) is 8.20. The largest absolute Gasteiger partial charge is 0.497 e. The molecule has 2 rings (SSSR count). The number of nitrogens with one attached hydrogen (secondary N) is 2. The van der Waals surface area contributed by atoms with Crippen LogP contribution in [0.1, 0.15) is 31.7 Å². The van der Waals surface area contributed by atoms with Crippen LogP contribution < -0.4 is 15.4 Å². The van der Waals surface area contributed by atoms with E-state index in [1.165, 1.54) is 5.56 Å². The van der Waals surface area contributed by atoms with Gasteiger partial charge < -0.3 is 19.9 Å². The van der Waals surface area contributed by atoms with E-state index in [9.17, 15) is 0 Å². The van der Waals surface area contributed by atoms with Crippen LogP contribution in [0.5, 0.6) is 5.75 Å². The number of methoxy groups -OCH3 is 1. The van der Waals surface area contributed by atoms with Crippen LogP contribution >= 0.6 is 0 Å². The van der Waals surface area contributed by atoms with Crippen LogP contribution in [0.4, 0.5) is 0 Å². The van der Waals surface area contributed by atoms with Crippen molar-refractivity contribution in [2.75, 3.05) is 26.7 Å². The highest BCUT2D eigenvalue weighted by atomic mass is 16.5. The van der Waals surface area contributed by atoms with Gasteiger partial charge in [0.2, 0.25) is 0 Å². The number of aryl methyl sites for hydroxylation is 2. The number of hydrogen-bond donors (Lipinski definition) is 2. The van der Waals surface area contributed by atoms with E-state index >= 15 is 0 Å². The van der Waals surface area contributed by atoms with E-state index in [0.717, 1.165) is 63.0 Å². The lowest BCUT2D eigenvalue weighted by Gasteiger charge is -2.12. The molecule has 0 spiro atoms. The first-order valence-electron chi connectivity index (χ1n) is 9.28. The van der Waals surface area contributed by atoms with Gasteiger partial charge in [0.25, 0.3) is 0 Å². The molecule has 7 heteroatoms. The normalized spacial score (nSPS) is 11.4. The zero-order valence-electron chi connectivity index (χ0n) is 16.0. The average Bonchev–Trinajstić information content (AvgIpc) is 3.13. The van der Waals surface area contributed by atoms with Crippen molar-refractivity contribution in [2.24, 2.45) is 4.99 Å². The fraction of sp³-hybridized carbons (Fsp3) is 0.526. The minimum Gasteiger partial charge on any atom is -0.497 e. The van der Waals surface area contributed by atoms with Crippen LogP contribution in [0.2, 0.25) is 0 Å². The number of nitrogens with zero attached hydrogens (tertiary/aromatic N) is 4. The number of guanidine groups is 1. The van der Waals surface area contributed by atoms with Gasteiger partial charge in [-0.05, 0) is 37.5 Å². The standard InChI is InChI=1S/C19H30N6O/c1-4-18-24-23-15-25(18)13-12-22-19(20-5-2)21-11-7-9-16-8-6-10-17(14-16)26-3/h6,8,10,14-15H,4-5,7,9,11-13H2,1-3H3,(H2,20,21,22). The molecule has 0 bridgehead atoms. The predicted octanol–water partition coefficient (Wildman–Crippen LogP) is 2.04. The molecule has 1 aromatic carbocycles. The van der Waals surface area contributed by atoms with Gasteiger partial charge in [-0.15, -0.1) is 10.2 Å². The van der Waals surface area contributed by atoms with Gasteiger partial charge in [0.1, 0.15) is 17.9 Å². The molecule has 0 radical (unpaired) electrons. The average molecular weight is 358 g/mol. The van der Waals surface area contributed by atoms with E-state index in [0.29, 0.717) is 0 Å². The van der Waals surface area contributed by atoms with E-state index in [-0.39, 0.29) is 0 Å².